The van der Waals surface area contributed by atoms with Crippen LogP contribution in [0.3, 0.4) is 0 Å². The predicted octanol–water partition coefficient (Wildman–Crippen LogP) is 2.29. The van der Waals surface area contributed by atoms with E-state index in [9.17, 15) is 4.39 Å². The zero-order valence-electron chi connectivity index (χ0n) is 12.4. The third-order valence-electron chi connectivity index (χ3n) is 3.90. The lowest BCUT2D eigenvalue weighted by molar-refractivity contribution is 0.596. The van der Waals surface area contributed by atoms with Gasteiger partial charge in [0, 0.05) is 32.4 Å². The number of hydrogen-bond donors (Lipinski definition) is 0. The molecule has 1 aliphatic heterocycles. The SMILES string of the molecule is N#Cc1ccnc(N2CCN(c3ccc(C#N)cc3F)CC2)c1. The number of pyridine rings is 1. The van der Waals surface area contributed by atoms with Crippen molar-refractivity contribution in [3.8, 4) is 12.1 Å². The molecule has 0 atom stereocenters. The van der Waals surface area contributed by atoms with Gasteiger partial charge in [0.15, 0.2) is 0 Å². The number of halogens is 1. The minimum Gasteiger partial charge on any atom is -0.366 e. The van der Waals surface area contributed by atoms with Crippen molar-refractivity contribution in [2.24, 2.45) is 0 Å². The van der Waals surface area contributed by atoms with Crippen LogP contribution >= 0.6 is 0 Å². The van der Waals surface area contributed by atoms with Crippen LogP contribution in [0.15, 0.2) is 36.5 Å². The second kappa shape index (κ2) is 6.33. The highest BCUT2D eigenvalue weighted by Gasteiger charge is 2.20. The summed E-state index contributed by atoms with van der Waals surface area (Å²) in [6, 6.07) is 12.0. The van der Waals surface area contributed by atoms with Crippen LogP contribution in [0.2, 0.25) is 0 Å². The van der Waals surface area contributed by atoms with E-state index >= 15 is 0 Å². The highest BCUT2D eigenvalue weighted by Crippen LogP contribution is 2.23. The first-order chi connectivity index (χ1) is 11.2. The number of piperazine rings is 1. The number of aromatic nitrogens is 1. The van der Waals surface area contributed by atoms with Gasteiger partial charge in [0.2, 0.25) is 0 Å². The van der Waals surface area contributed by atoms with Crippen molar-refractivity contribution in [3.05, 3.63) is 53.5 Å². The molecule has 5 nitrogen and oxygen atoms in total. The van der Waals surface area contributed by atoms with Gasteiger partial charge in [-0.2, -0.15) is 10.5 Å². The van der Waals surface area contributed by atoms with Gasteiger partial charge in [0.05, 0.1) is 29.0 Å². The van der Waals surface area contributed by atoms with E-state index in [1.54, 1.807) is 30.5 Å². The Balaban J connectivity index is 1.71. The van der Waals surface area contributed by atoms with Crippen LogP contribution in [0, 0.1) is 28.5 Å². The minimum atomic E-state index is -0.373. The maximum absolute atomic E-state index is 14.1. The van der Waals surface area contributed by atoms with E-state index in [2.05, 4.69) is 16.0 Å². The molecule has 0 saturated carbocycles. The molecule has 3 rings (SSSR count). The van der Waals surface area contributed by atoms with E-state index in [0.29, 0.717) is 43.0 Å². The Kier molecular flexibility index (Phi) is 4.07. The summed E-state index contributed by atoms with van der Waals surface area (Å²) in [5, 5.41) is 17.8. The fourth-order valence-electron chi connectivity index (χ4n) is 2.67. The quantitative estimate of drug-likeness (QED) is 0.851. The van der Waals surface area contributed by atoms with Gasteiger partial charge < -0.3 is 9.80 Å². The Hall–Kier alpha value is -3.12. The summed E-state index contributed by atoms with van der Waals surface area (Å²) in [7, 11) is 0. The molecule has 0 amide bonds. The number of nitrogens with zero attached hydrogens (tertiary/aromatic N) is 5. The maximum Gasteiger partial charge on any atom is 0.147 e. The van der Waals surface area contributed by atoms with Crippen LogP contribution in [0.4, 0.5) is 15.9 Å². The van der Waals surface area contributed by atoms with E-state index < -0.39 is 0 Å². The van der Waals surface area contributed by atoms with Crippen LogP contribution in [0.5, 0.6) is 0 Å². The van der Waals surface area contributed by atoms with Gasteiger partial charge in [0.1, 0.15) is 11.6 Å². The summed E-state index contributed by atoms with van der Waals surface area (Å²) in [5.41, 5.74) is 1.42. The average Bonchev–Trinajstić information content (AvgIpc) is 2.62. The lowest BCUT2D eigenvalue weighted by atomic mass is 10.1. The molecule has 6 heteroatoms. The topological polar surface area (TPSA) is 67.0 Å². The normalized spacial score (nSPS) is 14.2. The Morgan fingerprint density at radius 3 is 2.22 bits per heavy atom. The monoisotopic (exact) mass is 307 g/mol. The molecular weight excluding hydrogens is 293 g/mol. The Labute approximate surface area is 133 Å². The second-order valence-corrected chi connectivity index (χ2v) is 5.27. The standard InChI is InChI=1S/C17H14FN5/c18-15-9-13(11-19)1-2-16(15)22-5-7-23(8-6-22)17-10-14(12-20)3-4-21-17/h1-4,9-10H,5-8H2. The van der Waals surface area contributed by atoms with Crippen LogP contribution in [0.25, 0.3) is 0 Å². The number of anilines is 2. The maximum atomic E-state index is 14.1. The molecule has 1 aliphatic rings. The third-order valence-corrected chi connectivity index (χ3v) is 3.90. The van der Waals surface area contributed by atoms with Crippen molar-refractivity contribution in [1.82, 2.24) is 4.98 Å². The van der Waals surface area contributed by atoms with Gasteiger partial charge in [-0.05, 0) is 30.3 Å². The summed E-state index contributed by atoms with van der Waals surface area (Å²) < 4.78 is 14.1. The Morgan fingerprint density at radius 1 is 0.913 bits per heavy atom. The molecule has 0 bridgehead atoms. The fourth-order valence-corrected chi connectivity index (χ4v) is 2.67. The molecule has 1 saturated heterocycles. The van der Waals surface area contributed by atoms with Gasteiger partial charge in [-0.25, -0.2) is 9.37 Å². The molecule has 2 heterocycles. The second-order valence-electron chi connectivity index (χ2n) is 5.27. The van der Waals surface area contributed by atoms with Gasteiger partial charge in [0.25, 0.3) is 0 Å². The molecule has 1 aromatic carbocycles. The third kappa shape index (κ3) is 3.07. The van der Waals surface area contributed by atoms with Crippen molar-refractivity contribution in [2.45, 2.75) is 0 Å². The lowest BCUT2D eigenvalue weighted by Crippen LogP contribution is -2.47. The fraction of sp³-hybridized carbons (Fsp3) is 0.235. The highest BCUT2D eigenvalue weighted by molar-refractivity contribution is 5.53. The van der Waals surface area contributed by atoms with Gasteiger partial charge >= 0.3 is 0 Å². The largest absolute Gasteiger partial charge is 0.366 e. The first kappa shape index (κ1) is 14.8. The van der Waals surface area contributed by atoms with Gasteiger partial charge in [-0.15, -0.1) is 0 Å². The molecule has 23 heavy (non-hydrogen) atoms. The first-order valence-electron chi connectivity index (χ1n) is 7.27. The Morgan fingerprint density at radius 2 is 1.57 bits per heavy atom. The zero-order valence-corrected chi connectivity index (χ0v) is 12.4. The lowest BCUT2D eigenvalue weighted by Gasteiger charge is -2.36. The zero-order chi connectivity index (χ0) is 16.2. The predicted molar refractivity (Wildman–Crippen MR) is 84.5 cm³/mol. The average molecular weight is 307 g/mol. The van der Waals surface area contributed by atoms with Crippen molar-refractivity contribution in [2.75, 3.05) is 36.0 Å². The number of hydrogen-bond acceptors (Lipinski definition) is 5. The van der Waals surface area contributed by atoms with E-state index in [-0.39, 0.29) is 5.82 Å². The van der Waals surface area contributed by atoms with Crippen LogP contribution in [-0.2, 0) is 0 Å². The van der Waals surface area contributed by atoms with Crippen molar-refractivity contribution in [1.29, 1.82) is 10.5 Å². The summed E-state index contributed by atoms with van der Waals surface area (Å²) in [5.74, 6) is 0.395. The summed E-state index contributed by atoms with van der Waals surface area (Å²) in [4.78, 5) is 8.34. The smallest absolute Gasteiger partial charge is 0.147 e. The summed E-state index contributed by atoms with van der Waals surface area (Å²) in [6.07, 6.45) is 1.63. The molecule has 2 aromatic rings. The first-order valence-corrected chi connectivity index (χ1v) is 7.27. The Bertz CT molecular complexity index is 797. The van der Waals surface area contributed by atoms with Gasteiger partial charge in [-0.3, -0.25) is 0 Å². The van der Waals surface area contributed by atoms with E-state index in [0.717, 1.165) is 5.82 Å². The van der Waals surface area contributed by atoms with E-state index in [4.69, 9.17) is 10.5 Å². The van der Waals surface area contributed by atoms with E-state index in [1.807, 2.05) is 11.0 Å². The summed E-state index contributed by atoms with van der Waals surface area (Å²) >= 11 is 0. The van der Waals surface area contributed by atoms with Crippen molar-refractivity contribution in [3.63, 3.8) is 0 Å². The minimum absolute atomic E-state index is 0.322. The molecule has 0 spiro atoms. The van der Waals surface area contributed by atoms with Crippen LogP contribution in [-0.4, -0.2) is 31.2 Å². The van der Waals surface area contributed by atoms with Crippen molar-refractivity contribution < 1.29 is 4.39 Å². The highest BCUT2D eigenvalue weighted by atomic mass is 19.1. The number of benzene rings is 1. The summed E-state index contributed by atoms with van der Waals surface area (Å²) in [6.45, 7) is 2.70. The molecule has 114 valence electrons. The molecule has 0 unspecified atom stereocenters. The molecule has 0 radical (unpaired) electrons. The molecule has 1 fully saturated rings. The van der Waals surface area contributed by atoms with Gasteiger partial charge in [-0.1, -0.05) is 0 Å². The number of nitriles is 2. The molecule has 0 aliphatic carbocycles. The van der Waals surface area contributed by atoms with Crippen LogP contribution in [0.1, 0.15) is 11.1 Å². The molecular formula is C17H14FN5. The van der Waals surface area contributed by atoms with Crippen LogP contribution < -0.4 is 9.80 Å². The number of rotatable bonds is 2. The van der Waals surface area contributed by atoms with E-state index in [1.165, 1.54) is 6.07 Å². The van der Waals surface area contributed by atoms with Crippen molar-refractivity contribution >= 4 is 11.5 Å². The molecule has 1 aromatic heterocycles. The molecule has 0 N–H and O–H groups in total.